The average molecular weight is 275 g/mol. The van der Waals surface area contributed by atoms with Gasteiger partial charge in [0.25, 0.3) is 5.91 Å². The number of hydrogen-bond donors (Lipinski definition) is 1. The van der Waals surface area contributed by atoms with Gasteiger partial charge in [-0.05, 0) is 25.1 Å². The lowest BCUT2D eigenvalue weighted by molar-refractivity contribution is 0.102. The van der Waals surface area contributed by atoms with Crippen LogP contribution in [-0.4, -0.2) is 15.3 Å². The fourth-order valence-electron chi connectivity index (χ4n) is 1.76. The largest absolute Gasteiger partial charge is 0.321 e. The second-order valence-electron chi connectivity index (χ2n) is 4.12. The number of carbonyl (C=O) groups is 1. The quantitative estimate of drug-likeness (QED) is 0.781. The molecule has 3 aromatic rings. The van der Waals surface area contributed by atoms with E-state index in [-0.39, 0.29) is 11.7 Å². The van der Waals surface area contributed by atoms with E-state index in [9.17, 15) is 9.18 Å². The second kappa shape index (κ2) is 4.47. The number of halogens is 1. The number of carbonyl (C=O) groups excluding carboxylic acids is 1. The van der Waals surface area contributed by atoms with Gasteiger partial charge in [-0.25, -0.2) is 9.37 Å². The number of nitrogens with one attached hydrogen (secondary N) is 1. The van der Waals surface area contributed by atoms with E-state index in [0.29, 0.717) is 11.4 Å². The van der Waals surface area contributed by atoms with Crippen LogP contribution in [0.4, 0.5) is 10.1 Å². The molecule has 2 aromatic heterocycles. The van der Waals surface area contributed by atoms with Crippen LogP contribution in [0.1, 0.15) is 16.2 Å². The highest BCUT2D eigenvalue weighted by Gasteiger charge is 2.13. The van der Waals surface area contributed by atoms with Crippen LogP contribution in [0.3, 0.4) is 0 Å². The summed E-state index contributed by atoms with van der Waals surface area (Å²) in [6, 6.07) is 5.76. The Morgan fingerprint density at radius 2 is 2.32 bits per heavy atom. The van der Waals surface area contributed by atoms with E-state index >= 15 is 0 Å². The smallest absolute Gasteiger partial charge is 0.275 e. The van der Waals surface area contributed by atoms with Crippen molar-refractivity contribution in [2.75, 3.05) is 5.32 Å². The lowest BCUT2D eigenvalue weighted by Gasteiger charge is -2.02. The van der Waals surface area contributed by atoms with Crippen molar-refractivity contribution in [1.29, 1.82) is 0 Å². The first-order valence-corrected chi connectivity index (χ1v) is 6.51. The van der Waals surface area contributed by atoms with Crippen LogP contribution in [0.2, 0.25) is 0 Å². The zero-order valence-electron chi connectivity index (χ0n) is 10.1. The molecular weight excluding hydrogens is 265 g/mol. The minimum atomic E-state index is -0.389. The third-order valence-corrected chi connectivity index (χ3v) is 3.66. The number of nitrogens with zero attached hydrogens (tertiary/aromatic N) is 2. The summed E-state index contributed by atoms with van der Waals surface area (Å²) in [6.07, 6.45) is 1.68. The molecule has 0 bridgehead atoms. The molecule has 1 amide bonds. The molecule has 0 atom stereocenters. The van der Waals surface area contributed by atoms with E-state index in [2.05, 4.69) is 10.3 Å². The van der Waals surface area contributed by atoms with Crippen molar-refractivity contribution in [3.8, 4) is 0 Å². The van der Waals surface area contributed by atoms with Crippen LogP contribution in [0.25, 0.3) is 4.96 Å². The van der Waals surface area contributed by atoms with Gasteiger partial charge in [-0.2, -0.15) is 0 Å². The molecule has 0 saturated carbocycles. The summed E-state index contributed by atoms with van der Waals surface area (Å²) >= 11 is 1.47. The van der Waals surface area contributed by atoms with Crippen LogP contribution in [0.15, 0.2) is 35.8 Å². The fraction of sp³-hybridized carbons (Fsp3) is 0.0769. The summed E-state index contributed by atoms with van der Waals surface area (Å²) in [4.78, 5) is 17.0. The summed E-state index contributed by atoms with van der Waals surface area (Å²) in [5, 5.41) is 4.59. The average Bonchev–Trinajstić information content (AvgIpc) is 2.92. The molecule has 4 nitrogen and oxygen atoms in total. The lowest BCUT2D eigenvalue weighted by Crippen LogP contribution is -2.12. The molecule has 0 aliphatic carbocycles. The van der Waals surface area contributed by atoms with Gasteiger partial charge in [-0.3, -0.25) is 9.20 Å². The Kier molecular flexibility index (Phi) is 2.79. The number of aryl methyl sites for hydroxylation is 1. The number of aromatic nitrogens is 2. The molecule has 0 spiro atoms. The molecule has 2 heterocycles. The number of anilines is 1. The third kappa shape index (κ3) is 2.22. The number of amides is 1. The van der Waals surface area contributed by atoms with Crippen molar-refractivity contribution >= 4 is 27.9 Å². The van der Waals surface area contributed by atoms with Crippen molar-refractivity contribution in [3.05, 3.63) is 53.0 Å². The van der Waals surface area contributed by atoms with Crippen LogP contribution in [0.5, 0.6) is 0 Å². The maximum atomic E-state index is 13.0. The van der Waals surface area contributed by atoms with Gasteiger partial charge < -0.3 is 5.32 Å². The van der Waals surface area contributed by atoms with Crippen molar-refractivity contribution in [3.63, 3.8) is 0 Å². The highest BCUT2D eigenvalue weighted by atomic mass is 32.1. The van der Waals surface area contributed by atoms with Crippen LogP contribution in [-0.2, 0) is 0 Å². The van der Waals surface area contributed by atoms with E-state index in [4.69, 9.17) is 0 Å². The summed E-state index contributed by atoms with van der Waals surface area (Å²) in [7, 11) is 0. The number of fused-ring (bicyclic) bond motifs is 1. The Hall–Kier alpha value is -2.21. The zero-order chi connectivity index (χ0) is 13.4. The van der Waals surface area contributed by atoms with Gasteiger partial charge >= 0.3 is 0 Å². The molecule has 1 aromatic carbocycles. The lowest BCUT2D eigenvalue weighted by atomic mass is 10.3. The standard InChI is InChI=1S/C13H10FN3OS/c1-8-7-19-13-16-11(6-17(8)13)12(18)15-10-4-2-3-9(14)5-10/h2-7H,1H3,(H,15,18). The highest BCUT2D eigenvalue weighted by Crippen LogP contribution is 2.17. The van der Waals surface area contributed by atoms with Gasteiger partial charge in [0.15, 0.2) is 4.96 Å². The Morgan fingerprint density at radius 3 is 3.05 bits per heavy atom. The predicted molar refractivity (Wildman–Crippen MR) is 72.2 cm³/mol. The third-order valence-electron chi connectivity index (χ3n) is 2.70. The van der Waals surface area contributed by atoms with E-state index in [1.807, 2.05) is 16.7 Å². The number of imidazole rings is 1. The Balaban J connectivity index is 1.87. The van der Waals surface area contributed by atoms with Crippen LogP contribution < -0.4 is 5.32 Å². The molecule has 19 heavy (non-hydrogen) atoms. The van der Waals surface area contributed by atoms with Crippen molar-refractivity contribution in [2.24, 2.45) is 0 Å². The second-order valence-corrected chi connectivity index (χ2v) is 4.96. The molecule has 3 rings (SSSR count). The first kappa shape index (κ1) is 11.9. The van der Waals surface area contributed by atoms with Crippen LogP contribution >= 0.6 is 11.3 Å². The number of rotatable bonds is 2. The maximum absolute atomic E-state index is 13.0. The molecule has 0 aliphatic heterocycles. The first-order valence-electron chi connectivity index (χ1n) is 5.63. The summed E-state index contributed by atoms with van der Waals surface area (Å²) < 4.78 is 14.9. The van der Waals surface area contributed by atoms with Gasteiger partial charge in [-0.1, -0.05) is 6.07 Å². The molecule has 0 radical (unpaired) electrons. The van der Waals surface area contributed by atoms with Crippen LogP contribution in [0, 0.1) is 12.7 Å². The Morgan fingerprint density at radius 1 is 1.47 bits per heavy atom. The van der Waals surface area contributed by atoms with Gasteiger partial charge in [0.05, 0.1) is 0 Å². The molecule has 0 fully saturated rings. The number of thiazole rings is 1. The minimum Gasteiger partial charge on any atom is -0.321 e. The number of benzene rings is 1. The number of hydrogen-bond acceptors (Lipinski definition) is 3. The van der Waals surface area contributed by atoms with E-state index in [1.54, 1.807) is 18.3 Å². The maximum Gasteiger partial charge on any atom is 0.275 e. The fourth-order valence-corrected chi connectivity index (χ4v) is 2.62. The highest BCUT2D eigenvalue weighted by molar-refractivity contribution is 7.15. The molecular formula is C13H10FN3OS. The van der Waals surface area contributed by atoms with Crippen molar-refractivity contribution in [1.82, 2.24) is 9.38 Å². The molecule has 96 valence electrons. The van der Waals surface area contributed by atoms with Gasteiger partial charge in [0, 0.05) is 23.0 Å². The van der Waals surface area contributed by atoms with E-state index in [1.165, 1.54) is 23.5 Å². The van der Waals surface area contributed by atoms with E-state index in [0.717, 1.165) is 10.7 Å². The minimum absolute atomic E-state index is 0.319. The van der Waals surface area contributed by atoms with Gasteiger partial charge in [0.1, 0.15) is 11.5 Å². The normalized spacial score (nSPS) is 10.8. The Labute approximate surface area is 112 Å². The Bertz CT molecular complexity index is 762. The topological polar surface area (TPSA) is 46.4 Å². The van der Waals surface area contributed by atoms with E-state index < -0.39 is 0 Å². The molecule has 0 aliphatic rings. The summed E-state index contributed by atoms with van der Waals surface area (Å²) in [6.45, 7) is 1.94. The van der Waals surface area contributed by atoms with Crippen molar-refractivity contribution in [2.45, 2.75) is 6.92 Å². The first-order chi connectivity index (χ1) is 9.13. The zero-order valence-corrected chi connectivity index (χ0v) is 10.9. The molecule has 6 heteroatoms. The monoisotopic (exact) mass is 275 g/mol. The van der Waals surface area contributed by atoms with Gasteiger partial charge in [0.2, 0.25) is 0 Å². The predicted octanol–water partition coefficient (Wildman–Crippen LogP) is 3.10. The summed E-state index contributed by atoms with van der Waals surface area (Å²) in [5.74, 6) is -0.736. The van der Waals surface area contributed by atoms with Gasteiger partial charge in [-0.15, -0.1) is 11.3 Å². The molecule has 0 unspecified atom stereocenters. The van der Waals surface area contributed by atoms with Crippen molar-refractivity contribution < 1.29 is 9.18 Å². The summed E-state index contributed by atoms with van der Waals surface area (Å²) in [5.41, 5.74) is 1.76. The molecule has 1 N–H and O–H groups in total. The SMILES string of the molecule is Cc1csc2nc(C(=O)Nc3cccc(F)c3)cn12. The molecule has 0 saturated heterocycles.